The summed E-state index contributed by atoms with van der Waals surface area (Å²) < 4.78 is 5.44. The Labute approximate surface area is 182 Å². The van der Waals surface area contributed by atoms with E-state index >= 15 is 0 Å². The summed E-state index contributed by atoms with van der Waals surface area (Å²) >= 11 is 1.75. The van der Waals surface area contributed by atoms with Crippen LogP contribution in [-0.2, 0) is 19.5 Å². The number of furan rings is 1. The molecule has 0 spiro atoms. The van der Waals surface area contributed by atoms with Gasteiger partial charge in [0.05, 0.1) is 12.8 Å². The zero-order valence-corrected chi connectivity index (χ0v) is 18.1. The summed E-state index contributed by atoms with van der Waals surface area (Å²) in [7, 11) is 0. The molecule has 0 amide bonds. The van der Waals surface area contributed by atoms with Gasteiger partial charge in [-0.3, -0.25) is 4.90 Å². The van der Waals surface area contributed by atoms with Gasteiger partial charge < -0.3 is 15.1 Å². The van der Waals surface area contributed by atoms with Crippen LogP contribution in [0.3, 0.4) is 0 Å². The van der Waals surface area contributed by atoms with Crippen LogP contribution in [0.15, 0.2) is 75.7 Å². The summed E-state index contributed by atoms with van der Waals surface area (Å²) in [5.74, 6) is 1.89. The van der Waals surface area contributed by atoms with Crippen LogP contribution in [-0.4, -0.2) is 36.5 Å². The van der Waals surface area contributed by atoms with E-state index in [1.165, 1.54) is 10.4 Å². The number of nitrogens with one attached hydrogen (secondary N) is 2. The van der Waals surface area contributed by atoms with E-state index in [9.17, 15) is 0 Å². The minimum atomic E-state index is 0.454. The van der Waals surface area contributed by atoms with Crippen LogP contribution in [0, 0.1) is 0 Å². The second-order valence-corrected chi connectivity index (χ2v) is 8.71. The number of hydrogen-bond acceptors (Lipinski definition) is 4. The van der Waals surface area contributed by atoms with Gasteiger partial charge in [-0.05, 0) is 42.0 Å². The quantitative estimate of drug-likeness (QED) is 0.420. The van der Waals surface area contributed by atoms with Gasteiger partial charge in [-0.25, -0.2) is 4.99 Å². The molecule has 0 aliphatic carbocycles. The molecule has 2 N–H and O–H groups in total. The standard InChI is InChI=1S/C24H30N4OS/c1-2-6-20(7-3-1)19-28-14-11-21(12-15-28)27-24(26-18-23-9-5-17-30-23)25-13-10-22-8-4-16-29-22/h1-9,16-17,21H,10-15,18-19H2,(H2,25,26,27). The molecule has 1 aliphatic heterocycles. The minimum Gasteiger partial charge on any atom is -0.469 e. The zero-order chi connectivity index (χ0) is 20.4. The van der Waals surface area contributed by atoms with E-state index in [0.29, 0.717) is 12.6 Å². The summed E-state index contributed by atoms with van der Waals surface area (Å²) in [5, 5.41) is 9.26. The Bertz CT molecular complexity index is 869. The van der Waals surface area contributed by atoms with Crippen LogP contribution in [0.5, 0.6) is 0 Å². The molecule has 1 aromatic carbocycles. The van der Waals surface area contributed by atoms with Crippen molar-refractivity contribution in [1.82, 2.24) is 15.5 Å². The van der Waals surface area contributed by atoms with Crippen molar-refractivity contribution in [2.24, 2.45) is 4.99 Å². The first-order valence-electron chi connectivity index (χ1n) is 10.7. The molecule has 0 bridgehead atoms. The fraction of sp³-hybridized carbons (Fsp3) is 0.375. The van der Waals surface area contributed by atoms with E-state index in [0.717, 1.165) is 57.2 Å². The van der Waals surface area contributed by atoms with Crippen molar-refractivity contribution < 1.29 is 4.42 Å². The number of piperidine rings is 1. The van der Waals surface area contributed by atoms with Gasteiger partial charge in [0.1, 0.15) is 5.76 Å². The van der Waals surface area contributed by atoms with Crippen molar-refractivity contribution in [3.63, 3.8) is 0 Å². The van der Waals surface area contributed by atoms with Crippen LogP contribution in [0.2, 0.25) is 0 Å². The van der Waals surface area contributed by atoms with Gasteiger partial charge in [0.15, 0.2) is 5.96 Å². The Morgan fingerprint density at radius 1 is 1.07 bits per heavy atom. The van der Waals surface area contributed by atoms with E-state index in [1.54, 1.807) is 17.6 Å². The zero-order valence-electron chi connectivity index (χ0n) is 17.3. The number of thiophene rings is 1. The second-order valence-electron chi connectivity index (χ2n) is 7.68. The Hall–Kier alpha value is -2.57. The predicted octanol–water partition coefficient (Wildman–Crippen LogP) is 4.28. The number of aliphatic imine (C=N–C) groups is 1. The molecule has 2 aromatic heterocycles. The van der Waals surface area contributed by atoms with Gasteiger partial charge in [-0.1, -0.05) is 36.4 Å². The number of rotatable bonds is 8. The van der Waals surface area contributed by atoms with Gasteiger partial charge in [0, 0.05) is 43.5 Å². The van der Waals surface area contributed by atoms with Crippen molar-refractivity contribution in [2.45, 2.75) is 38.4 Å². The first-order chi connectivity index (χ1) is 14.8. The molecular weight excluding hydrogens is 392 g/mol. The summed E-state index contributed by atoms with van der Waals surface area (Å²) in [5.41, 5.74) is 1.39. The van der Waals surface area contributed by atoms with Crippen LogP contribution in [0.25, 0.3) is 0 Å². The Balaban J connectivity index is 1.27. The average molecular weight is 423 g/mol. The van der Waals surface area contributed by atoms with Gasteiger partial charge >= 0.3 is 0 Å². The summed E-state index contributed by atoms with van der Waals surface area (Å²) in [6.07, 6.45) is 4.83. The summed E-state index contributed by atoms with van der Waals surface area (Å²) in [6, 6.07) is 19.4. The number of benzene rings is 1. The lowest BCUT2D eigenvalue weighted by molar-refractivity contribution is 0.198. The molecule has 0 radical (unpaired) electrons. The highest BCUT2D eigenvalue weighted by atomic mass is 32.1. The third-order valence-electron chi connectivity index (χ3n) is 5.39. The fourth-order valence-corrected chi connectivity index (χ4v) is 4.37. The molecule has 1 aliphatic rings. The Morgan fingerprint density at radius 3 is 2.67 bits per heavy atom. The largest absolute Gasteiger partial charge is 0.469 e. The third-order valence-corrected chi connectivity index (χ3v) is 6.26. The molecule has 4 rings (SSSR count). The van der Waals surface area contributed by atoms with Crippen molar-refractivity contribution in [1.29, 1.82) is 0 Å². The SMILES string of the molecule is c1ccc(CN2CCC(NC(=NCc3cccs3)NCCc3ccco3)CC2)cc1. The third kappa shape index (κ3) is 6.47. The highest BCUT2D eigenvalue weighted by Gasteiger charge is 2.20. The van der Waals surface area contributed by atoms with E-state index in [4.69, 9.17) is 9.41 Å². The van der Waals surface area contributed by atoms with Gasteiger partial charge in [-0.15, -0.1) is 11.3 Å². The normalized spacial score (nSPS) is 15.9. The lowest BCUT2D eigenvalue weighted by Gasteiger charge is -2.33. The van der Waals surface area contributed by atoms with Crippen molar-refractivity contribution in [3.8, 4) is 0 Å². The van der Waals surface area contributed by atoms with Crippen LogP contribution >= 0.6 is 11.3 Å². The first-order valence-corrected chi connectivity index (χ1v) is 11.6. The monoisotopic (exact) mass is 422 g/mol. The summed E-state index contributed by atoms with van der Waals surface area (Å²) in [4.78, 5) is 8.65. The van der Waals surface area contributed by atoms with Crippen LogP contribution in [0.4, 0.5) is 0 Å². The highest BCUT2D eigenvalue weighted by molar-refractivity contribution is 7.09. The van der Waals surface area contributed by atoms with Crippen molar-refractivity contribution in [2.75, 3.05) is 19.6 Å². The number of likely N-dealkylation sites (tertiary alicyclic amines) is 1. The maximum Gasteiger partial charge on any atom is 0.191 e. The Kier molecular flexibility index (Phi) is 7.58. The summed E-state index contributed by atoms with van der Waals surface area (Å²) in [6.45, 7) is 4.76. The molecule has 1 fully saturated rings. The lowest BCUT2D eigenvalue weighted by atomic mass is 10.0. The molecule has 3 aromatic rings. The molecule has 158 valence electrons. The number of nitrogens with zero attached hydrogens (tertiary/aromatic N) is 2. The predicted molar refractivity (Wildman–Crippen MR) is 124 cm³/mol. The van der Waals surface area contributed by atoms with Crippen LogP contribution in [0.1, 0.15) is 29.0 Å². The Morgan fingerprint density at radius 2 is 1.93 bits per heavy atom. The molecule has 3 heterocycles. The molecule has 5 nitrogen and oxygen atoms in total. The molecule has 0 atom stereocenters. The molecule has 30 heavy (non-hydrogen) atoms. The van der Waals surface area contributed by atoms with Gasteiger partial charge in [0.2, 0.25) is 0 Å². The van der Waals surface area contributed by atoms with Gasteiger partial charge in [-0.2, -0.15) is 0 Å². The molecule has 0 unspecified atom stereocenters. The first kappa shape index (κ1) is 20.7. The number of guanidine groups is 1. The van der Waals surface area contributed by atoms with E-state index in [1.807, 2.05) is 12.1 Å². The molecule has 6 heteroatoms. The average Bonchev–Trinajstić information content (AvgIpc) is 3.48. The smallest absolute Gasteiger partial charge is 0.191 e. The van der Waals surface area contributed by atoms with Crippen molar-refractivity contribution >= 4 is 17.3 Å². The number of hydrogen-bond donors (Lipinski definition) is 2. The molecule has 1 saturated heterocycles. The second kappa shape index (κ2) is 11.0. The van der Waals surface area contributed by atoms with Crippen LogP contribution < -0.4 is 10.6 Å². The van der Waals surface area contributed by atoms with E-state index in [2.05, 4.69) is 63.4 Å². The maximum absolute atomic E-state index is 5.44. The molecule has 0 saturated carbocycles. The van der Waals surface area contributed by atoms with Gasteiger partial charge in [0.25, 0.3) is 0 Å². The minimum absolute atomic E-state index is 0.454. The molecular formula is C24H30N4OS. The van der Waals surface area contributed by atoms with E-state index < -0.39 is 0 Å². The lowest BCUT2D eigenvalue weighted by Crippen LogP contribution is -2.48. The van der Waals surface area contributed by atoms with Crippen molar-refractivity contribution in [3.05, 3.63) is 82.4 Å². The highest BCUT2D eigenvalue weighted by Crippen LogP contribution is 2.14. The topological polar surface area (TPSA) is 52.8 Å². The maximum atomic E-state index is 5.44. The fourth-order valence-electron chi connectivity index (χ4n) is 3.74. The van der Waals surface area contributed by atoms with E-state index in [-0.39, 0.29) is 0 Å².